The van der Waals surface area contributed by atoms with Crippen LogP contribution in [0.5, 0.6) is 0 Å². The minimum absolute atomic E-state index is 0.112. The molecule has 21 heavy (non-hydrogen) atoms. The quantitative estimate of drug-likeness (QED) is 0.761. The molecule has 0 radical (unpaired) electrons. The van der Waals surface area contributed by atoms with E-state index >= 15 is 0 Å². The van der Waals surface area contributed by atoms with E-state index in [0.717, 1.165) is 12.0 Å². The molecule has 0 heterocycles. The van der Waals surface area contributed by atoms with E-state index in [0.29, 0.717) is 13.0 Å². The molecule has 114 valence electrons. The zero-order valence-corrected chi connectivity index (χ0v) is 13.5. The number of nitrogens with zero attached hydrogens (tertiary/aromatic N) is 2. The number of rotatable bonds is 7. The molecule has 1 aromatic carbocycles. The molecule has 0 spiro atoms. The van der Waals surface area contributed by atoms with Gasteiger partial charge in [0.15, 0.2) is 0 Å². The molecule has 1 aromatic rings. The largest absolute Gasteiger partial charge is 0.339 e. The van der Waals surface area contributed by atoms with Crippen molar-refractivity contribution < 1.29 is 4.79 Å². The van der Waals surface area contributed by atoms with Gasteiger partial charge in [0.25, 0.3) is 0 Å². The molecular weight excluding hydrogens is 260 g/mol. The van der Waals surface area contributed by atoms with Gasteiger partial charge in [0.2, 0.25) is 5.91 Å². The van der Waals surface area contributed by atoms with Crippen LogP contribution in [-0.2, 0) is 4.79 Å². The summed E-state index contributed by atoms with van der Waals surface area (Å²) < 4.78 is 0. The van der Waals surface area contributed by atoms with Gasteiger partial charge in [0, 0.05) is 12.6 Å². The Morgan fingerprint density at radius 2 is 1.86 bits per heavy atom. The van der Waals surface area contributed by atoms with Gasteiger partial charge in [0.1, 0.15) is 0 Å². The normalized spacial score (nSPS) is 13.5. The number of amides is 1. The highest BCUT2D eigenvalue weighted by atomic mass is 16.2. The van der Waals surface area contributed by atoms with Crippen LogP contribution in [0.1, 0.15) is 52.0 Å². The number of carbonyl (C=O) groups excluding carboxylic acids is 1. The van der Waals surface area contributed by atoms with E-state index in [-0.39, 0.29) is 23.8 Å². The molecule has 1 amide bonds. The van der Waals surface area contributed by atoms with E-state index in [4.69, 9.17) is 5.26 Å². The standard InChI is InChI=1S/C18H26N2O/c1-5-15(4)17(16-10-7-6-8-11-16)18(21)20(14(2)3)13-9-12-19/h6-8,10-11,14-15,17H,5,9,13H2,1-4H3. The summed E-state index contributed by atoms with van der Waals surface area (Å²) in [5.74, 6) is 0.293. The van der Waals surface area contributed by atoms with Crippen molar-refractivity contribution in [1.82, 2.24) is 4.90 Å². The summed E-state index contributed by atoms with van der Waals surface area (Å²) >= 11 is 0. The van der Waals surface area contributed by atoms with Crippen molar-refractivity contribution in [1.29, 1.82) is 5.26 Å². The molecule has 1 rings (SSSR count). The average Bonchev–Trinajstić information content (AvgIpc) is 2.48. The predicted octanol–water partition coefficient (Wildman–Crippen LogP) is 3.97. The van der Waals surface area contributed by atoms with Crippen LogP contribution in [0.15, 0.2) is 30.3 Å². The first-order chi connectivity index (χ1) is 10.0. The first-order valence-corrected chi connectivity index (χ1v) is 7.75. The fourth-order valence-electron chi connectivity index (χ4n) is 2.58. The second-order valence-electron chi connectivity index (χ2n) is 5.81. The Morgan fingerprint density at radius 1 is 1.24 bits per heavy atom. The van der Waals surface area contributed by atoms with Gasteiger partial charge < -0.3 is 4.90 Å². The van der Waals surface area contributed by atoms with Crippen molar-refractivity contribution in [3.05, 3.63) is 35.9 Å². The van der Waals surface area contributed by atoms with E-state index in [9.17, 15) is 4.79 Å². The maximum Gasteiger partial charge on any atom is 0.230 e. The first-order valence-electron chi connectivity index (χ1n) is 7.75. The van der Waals surface area contributed by atoms with Gasteiger partial charge in [-0.25, -0.2) is 0 Å². The lowest BCUT2D eigenvalue weighted by Gasteiger charge is -2.32. The second-order valence-corrected chi connectivity index (χ2v) is 5.81. The van der Waals surface area contributed by atoms with E-state index < -0.39 is 0 Å². The van der Waals surface area contributed by atoms with Gasteiger partial charge in [-0.3, -0.25) is 4.79 Å². The summed E-state index contributed by atoms with van der Waals surface area (Å²) in [7, 11) is 0. The molecule has 0 aliphatic carbocycles. The monoisotopic (exact) mass is 286 g/mol. The van der Waals surface area contributed by atoms with Gasteiger partial charge in [-0.1, -0.05) is 50.6 Å². The summed E-state index contributed by atoms with van der Waals surface area (Å²) in [4.78, 5) is 14.8. The summed E-state index contributed by atoms with van der Waals surface area (Å²) in [5, 5.41) is 8.80. The Kier molecular flexibility index (Phi) is 6.94. The van der Waals surface area contributed by atoms with Crippen molar-refractivity contribution in [2.75, 3.05) is 6.54 Å². The summed E-state index contributed by atoms with van der Waals surface area (Å²) in [6.45, 7) is 8.76. The molecule has 0 bridgehead atoms. The highest BCUT2D eigenvalue weighted by molar-refractivity contribution is 5.84. The molecule has 3 heteroatoms. The van der Waals surface area contributed by atoms with Crippen LogP contribution in [0, 0.1) is 17.2 Å². The molecule has 0 saturated carbocycles. The Balaban J connectivity index is 3.07. The minimum Gasteiger partial charge on any atom is -0.339 e. The van der Waals surface area contributed by atoms with Crippen molar-refractivity contribution in [2.45, 2.75) is 52.5 Å². The smallest absolute Gasteiger partial charge is 0.230 e. The molecule has 2 atom stereocenters. The fraction of sp³-hybridized carbons (Fsp3) is 0.556. The summed E-state index contributed by atoms with van der Waals surface area (Å²) in [6.07, 6.45) is 1.33. The second kappa shape index (κ2) is 8.46. The van der Waals surface area contributed by atoms with Crippen LogP contribution >= 0.6 is 0 Å². The number of nitriles is 1. The van der Waals surface area contributed by atoms with Crippen LogP contribution in [0.2, 0.25) is 0 Å². The van der Waals surface area contributed by atoms with Crippen LogP contribution in [-0.4, -0.2) is 23.4 Å². The SMILES string of the molecule is CCC(C)C(C(=O)N(CCC#N)C(C)C)c1ccccc1. The van der Waals surface area contributed by atoms with Crippen molar-refractivity contribution in [2.24, 2.45) is 5.92 Å². The average molecular weight is 286 g/mol. The molecule has 0 aliphatic heterocycles. The molecule has 3 nitrogen and oxygen atoms in total. The third-order valence-electron chi connectivity index (χ3n) is 4.01. The highest BCUT2D eigenvalue weighted by Crippen LogP contribution is 2.29. The molecule has 2 unspecified atom stereocenters. The molecule has 0 fully saturated rings. The van der Waals surface area contributed by atoms with E-state index in [1.807, 2.05) is 49.1 Å². The molecule has 0 N–H and O–H groups in total. The molecule has 0 aromatic heterocycles. The van der Waals surface area contributed by atoms with Crippen molar-refractivity contribution >= 4 is 5.91 Å². The summed E-state index contributed by atoms with van der Waals surface area (Å²) in [5.41, 5.74) is 1.07. The highest BCUT2D eigenvalue weighted by Gasteiger charge is 2.30. The lowest BCUT2D eigenvalue weighted by atomic mass is 9.84. The van der Waals surface area contributed by atoms with Crippen LogP contribution in [0.3, 0.4) is 0 Å². The third-order valence-corrected chi connectivity index (χ3v) is 4.01. The van der Waals surface area contributed by atoms with E-state index in [1.54, 1.807) is 0 Å². The van der Waals surface area contributed by atoms with Gasteiger partial charge in [0.05, 0.1) is 18.4 Å². The number of benzene rings is 1. The maximum absolute atomic E-state index is 13.0. The Hall–Kier alpha value is -1.82. The topological polar surface area (TPSA) is 44.1 Å². The fourth-order valence-corrected chi connectivity index (χ4v) is 2.58. The molecule has 0 aliphatic rings. The lowest BCUT2D eigenvalue weighted by Crippen LogP contribution is -2.42. The maximum atomic E-state index is 13.0. The molecular formula is C18H26N2O. The zero-order valence-electron chi connectivity index (χ0n) is 13.5. The van der Waals surface area contributed by atoms with Gasteiger partial charge in [-0.15, -0.1) is 0 Å². The van der Waals surface area contributed by atoms with Crippen molar-refractivity contribution in [3.63, 3.8) is 0 Å². The van der Waals surface area contributed by atoms with E-state index in [2.05, 4.69) is 19.9 Å². The van der Waals surface area contributed by atoms with Gasteiger partial charge >= 0.3 is 0 Å². The third kappa shape index (κ3) is 4.60. The van der Waals surface area contributed by atoms with Crippen LogP contribution < -0.4 is 0 Å². The van der Waals surface area contributed by atoms with Gasteiger partial charge in [-0.05, 0) is 25.3 Å². The van der Waals surface area contributed by atoms with E-state index in [1.165, 1.54) is 0 Å². The Bertz CT molecular complexity index is 476. The lowest BCUT2D eigenvalue weighted by molar-refractivity contribution is -0.135. The van der Waals surface area contributed by atoms with Gasteiger partial charge in [-0.2, -0.15) is 5.26 Å². The zero-order chi connectivity index (χ0) is 15.8. The summed E-state index contributed by atoms with van der Waals surface area (Å²) in [6, 6.07) is 12.2. The van der Waals surface area contributed by atoms with Crippen molar-refractivity contribution in [3.8, 4) is 6.07 Å². The van der Waals surface area contributed by atoms with Crippen LogP contribution in [0.4, 0.5) is 0 Å². The first kappa shape index (κ1) is 17.2. The Labute approximate surface area is 128 Å². The Morgan fingerprint density at radius 3 is 2.33 bits per heavy atom. The number of carbonyl (C=O) groups is 1. The number of hydrogen-bond donors (Lipinski definition) is 0. The molecule has 0 saturated heterocycles. The minimum atomic E-state index is -0.128. The predicted molar refractivity (Wildman–Crippen MR) is 85.7 cm³/mol. The number of hydrogen-bond acceptors (Lipinski definition) is 2. The van der Waals surface area contributed by atoms with Crippen LogP contribution in [0.25, 0.3) is 0 Å².